The summed E-state index contributed by atoms with van der Waals surface area (Å²) in [7, 11) is 1.70. The number of nitrogens with one attached hydrogen (secondary N) is 1. The van der Waals surface area contributed by atoms with Gasteiger partial charge in [-0.2, -0.15) is 5.48 Å². The maximum atomic E-state index is 11.0. The van der Waals surface area contributed by atoms with Crippen LogP contribution in [0.3, 0.4) is 0 Å². The van der Waals surface area contributed by atoms with Gasteiger partial charge in [0, 0.05) is 61.4 Å². The number of nitrogens with zero attached hydrogens (tertiary/aromatic N) is 3. The molecule has 0 radical (unpaired) electrons. The van der Waals surface area contributed by atoms with E-state index in [1.54, 1.807) is 7.11 Å². The van der Waals surface area contributed by atoms with E-state index in [9.17, 15) is 5.11 Å². The van der Waals surface area contributed by atoms with Gasteiger partial charge in [0.1, 0.15) is 6.23 Å². The molecule has 0 amide bonds. The average molecular weight is 454 g/mol. The summed E-state index contributed by atoms with van der Waals surface area (Å²) in [5, 5.41) is 19.2. The summed E-state index contributed by atoms with van der Waals surface area (Å²) in [6.07, 6.45) is 9.93. The maximum absolute atomic E-state index is 11.0. The molecule has 2 saturated carbocycles. The van der Waals surface area contributed by atoms with Crippen LogP contribution in [-0.4, -0.2) is 70.6 Å². The van der Waals surface area contributed by atoms with Crippen molar-refractivity contribution in [2.75, 3.05) is 26.7 Å². The van der Waals surface area contributed by atoms with E-state index in [1.807, 2.05) is 13.1 Å². The van der Waals surface area contributed by atoms with E-state index in [4.69, 9.17) is 9.94 Å². The van der Waals surface area contributed by atoms with Crippen LogP contribution in [0.25, 0.3) is 0 Å². The zero-order chi connectivity index (χ0) is 22.6. The zero-order valence-corrected chi connectivity index (χ0v) is 20.9. The molecule has 4 rings (SSSR count). The molecular formula is C24H47N5O3. The number of methoxy groups -OCH3 is 1. The molecule has 0 aromatic carbocycles. The second-order valence-corrected chi connectivity index (χ2v) is 10.4. The van der Waals surface area contributed by atoms with Gasteiger partial charge >= 0.3 is 0 Å². The SMILES string of the molecule is CC1(NO)CC1.COC1=NC=C(N2CCN(C(O)[C@@H]3CCCC[C@H]3C)C(C)C2)CC1C.N. The predicted molar refractivity (Wildman–Crippen MR) is 129 cm³/mol. The van der Waals surface area contributed by atoms with E-state index < -0.39 is 0 Å². The summed E-state index contributed by atoms with van der Waals surface area (Å²) >= 11 is 0. The lowest BCUT2D eigenvalue weighted by Gasteiger charge is -2.47. The number of aliphatic hydroxyl groups excluding tert-OH is 1. The Labute approximate surface area is 194 Å². The monoisotopic (exact) mass is 453 g/mol. The normalized spacial score (nSPS) is 33.0. The molecule has 6 N–H and O–H groups in total. The van der Waals surface area contributed by atoms with Crippen molar-refractivity contribution in [3.8, 4) is 0 Å². The summed E-state index contributed by atoms with van der Waals surface area (Å²) in [6, 6.07) is 0.363. The van der Waals surface area contributed by atoms with Crippen molar-refractivity contribution in [1.29, 1.82) is 0 Å². The van der Waals surface area contributed by atoms with Gasteiger partial charge in [0.15, 0.2) is 5.90 Å². The van der Waals surface area contributed by atoms with Crippen LogP contribution >= 0.6 is 0 Å². The standard InChI is InChI=1S/C20H35N3O2.C4H9NO.H3N/c1-14-7-5-6-8-18(14)20(24)23-10-9-22(13-16(23)3)17-11-15(2)19(25-4)21-12-17;1-4(5-6)2-3-4;/h12,14-16,18,20,24H,5-11,13H2,1-4H3;5-6H,2-3H2,1H3;1H3/t14-,15?,16?,18-,20?;;/m1../s1. The van der Waals surface area contributed by atoms with Crippen LogP contribution in [0.1, 0.15) is 72.6 Å². The van der Waals surface area contributed by atoms with Gasteiger partial charge in [-0.25, -0.2) is 4.99 Å². The average Bonchev–Trinajstić information content (AvgIpc) is 3.52. The molecule has 2 aliphatic carbocycles. The van der Waals surface area contributed by atoms with Crippen LogP contribution in [0.15, 0.2) is 16.9 Å². The van der Waals surface area contributed by atoms with Gasteiger partial charge < -0.3 is 26.1 Å². The molecule has 4 aliphatic rings. The van der Waals surface area contributed by atoms with Crippen molar-refractivity contribution in [2.24, 2.45) is 22.7 Å². The van der Waals surface area contributed by atoms with Gasteiger partial charge in [0.05, 0.1) is 7.11 Å². The van der Waals surface area contributed by atoms with E-state index in [0.717, 1.165) is 44.8 Å². The minimum Gasteiger partial charge on any atom is -0.484 e. The van der Waals surface area contributed by atoms with Crippen molar-refractivity contribution >= 4 is 5.90 Å². The number of hydroxylamine groups is 1. The Kier molecular flexibility index (Phi) is 9.97. The molecule has 0 spiro atoms. The van der Waals surface area contributed by atoms with Crippen LogP contribution < -0.4 is 11.6 Å². The zero-order valence-electron chi connectivity index (χ0n) is 20.9. The maximum Gasteiger partial charge on any atom is 0.190 e. The molecule has 5 atom stereocenters. The fourth-order valence-electron chi connectivity index (χ4n) is 5.14. The molecule has 32 heavy (non-hydrogen) atoms. The first-order valence-electron chi connectivity index (χ1n) is 12.2. The van der Waals surface area contributed by atoms with Crippen molar-refractivity contribution < 1.29 is 15.1 Å². The number of ether oxygens (including phenoxy) is 1. The van der Waals surface area contributed by atoms with Gasteiger partial charge in [-0.1, -0.05) is 33.1 Å². The van der Waals surface area contributed by atoms with Gasteiger partial charge in [0.25, 0.3) is 0 Å². The summed E-state index contributed by atoms with van der Waals surface area (Å²) in [6.45, 7) is 11.6. The highest BCUT2D eigenvalue weighted by Gasteiger charge is 2.37. The third-order valence-corrected chi connectivity index (χ3v) is 7.74. The van der Waals surface area contributed by atoms with E-state index in [0.29, 0.717) is 23.8 Å². The number of aliphatic imine (C=N–C) groups is 1. The first kappa shape index (κ1) is 27.1. The minimum atomic E-state index is -0.287. The smallest absolute Gasteiger partial charge is 0.190 e. The van der Waals surface area contributed by atoms with Gasteiger partial charge in [-0.05, 0) is 39.0 Å². The number of aliphatic hydroxyl groups is 1. The number of hydrogen-bond acceptors (Lipinski definition) is 8. The Morgan fingerprint density at radius 2 is 1.88 bits per heavy atom. The molecule has 1 saturated heterocycles. The summed E-state index contributed by atoms with van der Waals surface area (Å²) in [5.74, 6) is 2.24. The Morgan fingerprint density at radius 3 is 2.38 bits per heavy atom. The summed E-state index contributed by atoms with van der Waals surface area (Å²) in [4.78, 5) is 9.26. The highest BCUT2D eigenvalue weighted by atomic mass is 16.5. The third kappa shape index (κ3) is 6.67. The van der Waals surface area contributed by atoms with Crippen molar-refractivity contribution in [3.05, 3.63) is 11.9 Å². The van der Waals surface area contributed by atoms with E-state index in [2.05, 4.69) is 41.0 Å². The Hall–Kier alpha value is -1.19. The molecular weight excluding hydrogens is 406 g/mol. The van der Waals surface area contributed by atoms with Crippen LogP contribution in [0.4, 0.5) is 0 Å². The molecule has 2 heterocycles. The van der Waals surface area contributed by atoms with Crippen molar-refractivity contribution in [3.63, 3.8) is 0 Å². The minimum absolute atomic E-state index is 0. The highest BCUT2D eigenvalue weighted by molar-refractivity contribution is 5.80. The van der Waals surface area contributed by atoms with E-state index >= 15 is 0 Å². The molecule has 186 valence electrons. The number of rotatable bonds is 4. The molecule has 8 heteroatoms. The summed E-state index contributed by atoms with van der Waals surface area (Å²) < 4.78 is 5.33. The molecule has 3 unspecified atom stereocenters. The highest BCUT2D eigenvalue weighted by Crippen LogP contribution is 2.35. The Bertz CT molecular complexity index is 652. The molecule has 2 aliphatic heterocycles. The van der Waals surface area contributed by atoms with Crippen LogP contribution in [0, 0.1) is 17.8 Å². The molecule has 0 bridgehead atoms. The molecule has 8 nitrogen and oxygen atoms in total. The molecule has 3 fully saturated rings. The Morgan fingerprint density at radius 1 is 1.19 bits per heavy atom. The second-order valence-electron chi connectivity index (χ2n) is 10.4. The van der Waals surface area contributed by atoms with Gasteiger partial charge in [0.2, 0.25) is 0 Å². The van der Waals surface area contributed by atoms with E-state index in [-0.39, 0.29) is 17.9 Å². The summed E-state index contributed by atoms with van der Waals surface area (Å²) in [5.41, 5.74) is 3.62. The lowest BCUT2D eigenvalue weighted by atomic mass is 9.78. The lowest BCUT2D eigenvalue weighted by molar-refractivity contribution is -0.101. The largest absolute Gasteiger partial charge is 0.484 e. The number of piperazine rings is 1. The Balaban J connectivity index is 0.000000450. The van der Waals surface area contributed by atoms with Gasteiger partial charge in [-0.15, -0.1) is 0 Å². The van der Waals surface area contributed by atoms with Crippen LogP contribution in [0.5, 0.6) is 0 Å². The van der Waals surface area contributed by atoms with Crippen LogP contribution in [0.2, 0.25) is 0 Å². The van der Waals surface area contributed by atoms with Gasteiger partial charge in [-0.3, -0.25) is 4.90 Å². The lowest BCUT2D eigenvalue weighted by Crippen LogP contribution is -2.57. The predicted octanol–water partition coefficient (Wildman–Crippen LogP) is 3.74. The first-order valence-corrected chi connectivity index (χ1v) is 12.2. The molecule has 0 aromatic rings. The fraction of sp³-hybridized carbons (Fsp3) is 0.875. The third-order valence-electron chi connectivity index (χ3n) is 7.74. The number of hydrogen-bond donors (Lipinski definition) is 4. The topological polar surface area (TPSA) is 116 Å². The van der Waals surface area contributed by atoms with Crippen molar-refractivity contribution in [1.82, 2.24) is 21.4 Å². The second kappa shape index (κ2) is 11.8. The first-order chi connectivity index (χ1) is 14.8. The van der Waals surface area contributed by atoms with E-state index in [1.165, 1.54) is 31.4 Å². The van der Waals surface area contributed by atoms with Crippen molar-refractivity contribution in [2.45, 2.75) is 90.4 Å². The fourth-order valence-corrected chi connectivity index (χ4v) is 5.14. The molecule has 0 aromatic heterocycles. The van der Waals surface area contributed by atoms with Crippen LogP contribution in [-0.2, 0) is 4.74 Å². The quantitative estimate of drug-likeness (QED) is 0.479. The number of allylic oxidation sites excluding steroid dienone is 1.